The van der Waals surface area contributed by atoms with E-state index in [2.05, 4.69) is 4.98 Å². The molecule has 2 aromatic carbocycles. The van der Waals surface area contributed by atoms with Gasteiger partial charge in [-0.1, -0.05) is 54.1 Å². The molecule has 0 bridgehead atoms. The van der Waals surface area contributed by atoms with Crippen LogP contribution in [0.1, 0.15) is 0 Å². The molecule has 0 saturated heterocycles. The monoisotopic (exact) mass is 296 g/mol. The van der Waals surface area contributed by atoms with E-state index in [0.29, 0.717) is 22.5 Å². The molecule has 0 aliphatic heterocycles. The number of hydrogen-bond donors (Lipinski definition) is 1. The van der Waals surface area contributed by atoms with E-state index < -0.39 is 0 Å². The average Bonchev–Trinajstić information content (AvgIpc) is 2.50. The second-order valence-electron chi connectivity index (χ2n) is 4.51. The van der Waals surface area contributed by atoms with Crippen molar-refractivity contribution in [1.82, 2.24) is 4.98 Å². The Morgan fingerprint density at radius 2 is 1.67 bits per heavy atom. The van der Waals surface area contributed by atoms with Gasteiger partial charge in [-0.05, 0) is 29.3 Å². The summed E-state index contributed by atoms with van der Waals surface area (Å²) in [5, 5.41) is 0.528. The highest BCUT2D eigenvalue weighted by Gasteiger charge is 2.06. The van der Waals surface area contributed by atoms with Gasteiger partial charge >= 0.3 is 0 Å². The normalized spacial score (nSPS) is 10.3. The van der Waals surface area contributed by atoms with Crippen LogP contribution < -0.4 is 10.5 Å². The van der Waals surface area contributed by atoms with Gasteiger partial charge in [-0.15, -0.1) is 0 Å². The van der Waals surface area contributed by atoms with Crippen LogP contribution >= 0.6 is 11.6 Å². The third kappa shape index (κ3) is 3.15. The Bertz CT molecular complexity index is 760. The lowest BCUT2D eigenvalue weighted by Gasteiger charge is -2.09. The number of pyridine rings is 1. The Morgan fingerprint density at radius 3 is 2.38 bits per heavy atom. The number of nitrogens with two attached hydrogens (primary N) is 1. The van der Waals surface area contributed by atoms with Gasteiger partial charge in [0.15, 0.2) is 0 Å². The molecule has 21 heavy (non-hydrogen) atoms. The minimum Gasteiger partial charge on any atom is -0.437 e. The summed E-state index contributed by atoms with van der Waals surface area (Å²) >= 11 is 6.28. The van der Waals surface area contributed by atoms with E-state index in [1.165, 1.54) is 0 Å². The van der Waals surface area contributed by atoms with Crippen LogP contribution in [0, 0.1) is 0 Å². The number of aromatic nitrogens is 1. The maximum absolute atomic E-state index is 6.28. The van der Waals surface area contributed by atoms with Gasteiger partial charge in [0.05, 0.1) is 5.02 Å². The molecule has 0 radical (unpaired) electrons. The van der Waals surface area contributed by atoms with Crippen LogP contribution in [0.4, 0.5) is 5.82 Å². The number of anilines is 1. The number of halogens is 1. The summed E-state index contributed by atoms with van der Waals surface area (Å²) in [6, 6.07) is 20.9. The van der Waals surface area contributed by atoms with Crippen molar-refractivity contribution in [2.45, 2.75) is 0 Å². The van der Waals surface area contributed by atoms with E-state index in [1.54, 1.807) is 18.2 Å². The van der Waals surface area contributed by atoms with E-state index in [1.807, 2.05) is 48.5 Å². The number of hydrogen-bond acceptors (Lipinski definition) is 3. The van der Waals surface area contributed by atoms with Crippen LogP contribution in [0.3, 0.4) is 0 Å². The summed E-state index contributed by atoms with van der Waals surface area (Å²) in [5.74, 6) is 1.38. The van der Waals surface area contributed by atoms with Crippen LogP contribution in [0.15, 0.2) is 66.7 Å². The first-order valence-corrected chi connectivity index (χ1v) is 6.85. The summed E-state index contributed by atoms with van der Waals surface area (Å²) in [4.78, 5) is 4.09. The molecular weight excluding hydrogens is 284 g/mol. The van der Waals surface area contributed by atoms with Crippen LogP contribution in [0.25, 0.3) is 11.1 Å². The Morgan fingerprint density at radius 1 is 0.857 bits per heavy atom. The molecule has 1 heterocycles. The third-order valence-electron chi connectivity index (χ3n) is 3.00. The maximum Gasteiger partial charge on any atom is 0.221 e. The quantitative estimate of drug-likeness (QED) is 0.757. The van der Waals surface area contributed by atoms with Gasteiger partial charge < -0.3 is 10.5 Å². The average molecular weight is 297 g/mol. The molecule has 4 heteroatoms. The van der Waals surface area contributed by atoms with Crippen LogP contribution in [-0.4, -0.2) is 4.98 Å². The number of nitrogens with zero attached hydrogens (tertiary/aromatic N) is 1. The number of benzene rings is 2. The predicted molar refractivity (Wildman–Crippen MR) is 85.6 cm³/mol. The number of rotatable bonds is 3. The highest BCUT2D eigenvalue weighted by molar-refractivity contribution is 6.32. The molecule has 0 aliphatic carbocycles. The molecule has 3 rings (SSSR count). The third-order valence-corrected chi connectivity index (χ3v) is 3.29. The van der Waals surface area contributed by atoms with E-state index in [4.69, 9.17) is 22.1 Å². The fraction of sp³-hybridized carbons (Fsp3) is 0. The van der Waals surface area contributed by atoms with Crippen molar-refractivity contribution in [2.24, 2.45) is 0 Å². The molecule has 0 aliphatic rings. The zero-order chi connectivity index (χ0) is 14.7. The smallest absolute Gasteiger partial charge is 0.221 e. The fourth-order valence-corrected chi connectivity index (χ4v) is 2.21. The largest absolute Gasteiger partial charge is 0.437 e. The first-order valence-electron chi connectivity index (χ1n) is 6.48. The summed E-state index contributed by atoms with van der Waals surface area (Å²) in [7, 11) is 0. The van der Waals surface area contributed by atoms with Crippen molar-refractivity contribution in [1.29, 1.82) is 0 Å². The van der Waals surface area contributed by atoms with Crippen LogP contribution in [-0.2, 0) is 0 Å². The molecule has 0 saturated carbocycles. The van der Waals surface area contributed by atoms with Gasteiger partial charge in [-0.2, -0.15) is 4.98 Å². The Balaban J connectivity index is 1.88. The van der Waals surface area contributed by atoms with E-state index in [9.17, 15) is 0 Å². The maximum atomic E-state index is 6.28. The van der Waals surface area contributed by atoms with Crippen molar-refractivity contribution in [2.75, 3.05) is 5.73 Å². The molecule has 0 amide bonds. The Labute approximate surface area is 128 Å². The zero-order valence-corrected chi connectivity index (χ0v) is 11.9. The summed E-state index contributed by atoms with van der Waals surface area (Å²) < 4.78 is 5.66. The van der Waals surface area contributed by atoms with Gasteiger partial charge in [0.25, 0.3) is 0 Å². The fourth-order valence-electron chi connectivity index (χ4n) is 1.99. The summed E-state index contributed by atoms with van der Waals surface area (Å²) in [6.07, 6.45) is 0. The standard InChI is InChI=1S/C17H13ClN2O/c18-14-11-13(12-5-2-1-3-6-12)9-10-15(14)21-17-8-4-7-16(19)20-17/h1-11H,(H2,19,20). The first kappa shape index (κ1) is 13.5. The molecule has 0 atom stereocenters. The molecular formula is C17H13ClN2O. The minimum atomic E-state index is 0.407. The molecule has 104 valence electrons. The SMILES string of the molecule is Nc1cccc(Oc2ccc(-c3ccccc3)cc2Cl)n1. The van der Waals surface area contributed by atoms with Gasteiger partial charge in [0, 0.05) is 6.07 Å². The van der Waals surface area contributed by atoms with Crippen molar-refractivity contribution in [3.63, 3.8) is 0 Å². The second kappa shape index (κ2) is 5.85. The molecule has 2 N–H and O–H groups in total. The molecule has 1 aromatic heterocycles. The zero-order valence-electron chi connectivity index (χ0n) is 11.2. The van der Waals surface area contributed by atoms with Crippen LogP contribution in [0.2, 0.25) is 5.02 Å². The minimum absolute atomic E-state index is 0.407. The highest BCUT2D eigenvalue weighted by Crippen LogP contribution is 2.32. The van der Waals surface area contributed by atoms with Gasteiger partial charge in [-0.3, -0.25) is 0 Å². The van der Waals surface area contributed by atoms with Gasteiger partial charge in [-0.25, -0.2) is 0 Å². The molecule has 0 fully saturated rings. The Hall–Kier alpha value is -2.52. The molecule has 0 unspecified atom stereocenters. The van der Waals surface area contributed by atoms with E-state index >= 15 is 0 Å². The van der Waals surface area contributed by atoms with E-state index in [-0.39, 0.29) is 0 Å². The van der Waals surface area contributed by atoms with Gasteiger partial charge in [0.2, 0.25) is 5.88 Å². The van der Waals surface area contributed by atoms with E-state index in [0.717, 1.165) is 11.1 Å². The highest BCUT2D eigenvalue weighted by atomic mass is 35.5. The lowest BCUT2D eigenvalue weighted by atomic mass is 10.1. The molecule has 3 nitrogen and oxygen atoms in total. The number of ether oxygens (including phenoxy) is 1. The summed E-state index contributed by atoms with van der Waals surface area (Å²) in [6.45, 7) is 0. The first-order chi connectivity index (χ1) is 10.2. The topological polar surface area (TPSA) is 48.1 Å². The van der Waals surface area contributed by atoms with Crippen molar-refractivity contribution < 1.29 is 4.74 Å². The predicted octanol–water partition coefficient (Wildman–Crippen LogP) is 4.78. The van der Waals surface area contributed by atoms with Crippen LogP contribution in [0.5, 0.6) is 11.6 Å². The van der Waals surface area contributed by atoms with Crippen molar-refractivity contribution >= 4 is 17.4 Å². The second-order valence-corrected chi connectivity index (χ2v) is 4.92. The lowest BCUT2D eigenvalue weighted by Crippen LogP contribution is -1.93. The number of nitrogen functional groups attached to an aromatic ring is 1. The van der Waals surface area contributed by atoms with Gasteiger partial charge in [0.1, 0.15) is 11.6 Å². The summed E-state index contributed by atoms with van der Waals surface area (Å²) in [5.41, 5.74) is 7.77. The molecule has 0 spiro atoms. The van der Waals surface area contributed by atoms with Crippen molar-refractivity contribution in [3.05, 3.63) is 71.8 Å². The molecule has 3 aromatic rings. The van der Waals surface area contributed by atoms with Crippen molar-refractivity contribution in [3.8, 4) is 22.8 Å². The Kier molecular flexibility index (Phi) is 3.75. The lowest BCUT2D eigenvalue weighted by molar-refractivity contribution is 0.464.